The molecule has 0 aliphatic heterocycles. The van der Waals surface area contributed by atoms with Crippen molar-refractivity contribution in [3.63, 3.8) is 0 Å². The standard InChI is InChI=1S/C14H15BrClN3O2/c1-2-11(14-17-5-6-18-14)19-13(20)8-21-12-4-3-9(16)7-10(12)15/h3-7,11H,2,8H2,1H3,(H,17,18)(H,19,20). The maximum Gasteiger partial charge on any atom is 0.258 e. The van der Waals surface area contributed by atoms with Gasteiger partial charge in [-0.2, -0.15) is 0 Å². The molecular weight excluding hydrogens is 358 g/mol. The van der Waals surface area contributed by atoms with E-state index in [9.17, 15) is 4.79 Å². The Morgan fingerprint density at radius 3 is 3.00 bits per heavy atom. The molecule has 0 saturated carbocycles. The number of H-pyrrole nitrogens is 1. The van der Waals surface area contributed by atoms with Gasteiger partial charge in [0.1, 0.15) is 11.6 Å². The van der Waals surface area contributed by atoms with Gasteiger partial charge in [0.2, 0.25) is 0 Å². The summed E-state index contributed by atoms with van der Waals surface area (Å²) in [6, 6.07) is 4.98. The predicted molar refractivity (Wildman–Crippen MR) is 84.4 cm³/mol. The molecule has 0 fully saturated rings. The van der Waals surface area contributed by atoms with Crippen molar-refractivity contribution in [2.24, 2.45) is 0 Å². The second-order valence-corrected chi connectivity index (χ2v) is 5.66. The van der Waals surface area contributed by atoms with Crippen LogP contribution in [-0.2, 0) is 4.79 Å². The van der Waals surface area contributed by atoms with Gasteiger partial charge >= 0.3 is 0 Å². The lowest BCUT2D eigenvalue weighted by Crippen LogP contribution is -2.33. The molecule has 0 saturated heterocycles. The Morgan fingerprint density at radius 1 is 1.57 bits per heavy atom. The molecule has 0 aliphatic carbocycles. The van der Waals surface area contributed by atoms with Crippen LogP contribution in [-0.4, -0.2) is 22.5 Å². The Labute approximate surface area is 136 Å². The second kappa shape index (κ2) is 7.47. The molecule has 2 N–H and O–H groups in total. The second-order valence-electron chi connectivity index (χ2n) is 4.37. The molecule has 1 aromatic carbocycles. The highest BCUT2D eigenvalue weighted by Gasteiger charge is 2.15. The number of nitrogens with one attached hydrogen (secondary N) is 2. The van der Waals surface area contributed by atoms with Crippen LogP contribution in [0.25, 0.3) is 0 Å². The number of aromatic amines is 1. The van der Waals surface area contributed by atoms with Crippen molar-refractivity contribution >= 4 is 33.4 Å². The highest BCUT2D eigenvalue weighted by atomic mass is 79.9. The van der Waals surface area contributed by atoms with Crippen LogP contribution in [0.2, 0.25) is 5.02 Å². The van der Waals surface area contributed by atoms with Crippen molar-refractivity contribution in [2.75, 3.05) is 6.61 Å². The molecule has 5 nitrogen and oxygen atoms in total. The van der Waals surface area contributed by atoms with Gasteiger partial charge in [0.25, 0.3) is 5.91 Å². The molecule has 7 heteroatoms. The van der Waals surface area contributed by atoms with Crippen LogP contribution in [0.15, 0.2) is 35.1 Å². The average molecular weight is 373 g/mol. The molecule has 1 amide bonds. The van der Waals surface area contributed by atoms with E-state index in [1.165, 1.54) is 0 Å². The van der Waals surface area contributed by atoms with Gasteiger partial charge in [0.15, 0.2) is 6.61 Å². The fraction of sp³-hybridized carbons (Fsp3) is 0.286. The first-order valence-electron chi connectivity index (χ1n) is 6.46. The number of ether oxygens (including phenoxy) is 1. The van der Waals surface area contributed by atoms with E-state index in [2.05, 4.69) is 31.2 Å². The molecule has 2 rings (SSSR count). The zero-order valence-corrected chi connectivity index (χ0v) is 13.7. The number of amides is 1. The van der Waals surface area contributed by atoms with Crippen LogP contribution in [0, 0.1) is 0 Å². The third kappa shape index (κ3) is 4.47. The van der Waals surface area contributed by atoms with Gasteiger partial charge in [-0.25, -0.2) is 4.98 Å². The van der Waals surface area contributed by atoms with Crippen molar-refractivity contribution in [2.45, 2.75) is 19.4 Å². The lowest BCUT2D eigenvalue weighted by molar-refractivity contribution is -0.123. The van der Waals surface area contributed by atoms with Crippen LogP contribution in [0.5, 0.6) is 5.75 Å². The summed E-state index contributed by atoms with van der Waals surface area (Å²) in [6.45, 7) is 1.90. The first kappa shape index (κ1) is 15.9. The third-order valence-electron chi connectivity index (χ3n) is 2.85. The summed E-state index contributed by atoms with van der Waals surface area (Å²) in [7, 11) is 0. The van der Waals surface area contributed by atoms with Crippen molar-refractivity contribution in [3.8, 4) is 5.75 Å². The van der Waals surface area contributed by atoms with Gasteiger partial charge in [-0.05, 0) is 40.5 Å². The maximum atomic E-state index is 11.9. The van der Waals surface area contributed by atoms with E-state index < -0.39 is 0 Å². The monoisotopic (exact) mass is 371 g/mol. The number of benzene rings is 1. The summed E-state index contributed by atoms with van der Waals surface area (Å²) in [5.41, 5.74) is 0. The minimum Gasteiger partial charge on any atom is -0.483 e. The smallest absolute Gasteiger partial charge is 0.258 e. The predicted octanol–water partition coefficient (Wildman–Crippen LogP) is 3.47. The molecule has 1 heterocycles. The molecule has 112 valence electrons. The summed E-state index contributed by atoms with van der Waals surface area (Å²) in [6.07, 6.45) is 4.13. The van der Waals surface area contributed by atoms with E-state index in [4.69, 9.17) is 16.3 Å². The molecular formula is C14H15BrClN3O2. The van der Waals surface area contributed by atoms with Gasteiger partial charge in [-0.15, -0.1) is 0 Å². The highest BCUT2D eigenvalue weighted by molar-refractivity contribution is 9.10. The van der Waals surface area contributed by atoms with Crippen LogP contribution in [0.3, 0.4) is 0 Å². The summed E-state index contributed by atoms with van der Waals surface area (Å²) < 4.78 is 6.18. The van der Waals surface area contributed by atoms with E-state index >= 15 is 0 Å². The molecule has 1 atom stereocenters. The molecule has 0 bridgehead atoms. The molecule has 0 spiro atoms. The number of carbonyl (C=O) groups is 1. The minimum atomic E-state index is -0.208. The Kier molecular flexibility index (Phi) is 5.64. The van der Waals surface area contributed by atoms with Crippen molar-refractivity contribution < 1.29 is 9.53 Å². The number of aromatic nitrogens is 2. The molecule has 2 aromatic rings. The van der Waals surface area contributed by atoms with Crippen molar-refractivity contribution in [1.29, 1.82) is 0 Å². The molecule has 1 aromatic heterocycles. The average Bonchev–Trinajstić information content (AvgIpc) is 2.98. The zero-order chi connectivity index (χ0) is 15.2. The molecule has 21 heavy (non-hydrogen) atoms. The lowest BCUT2D eigenvalue weighted by atomic mass is 10.2. The number of carbonyl (C=O) groups excluding carboxylic acids is 1. The number of hydrogen-bond donors (Lipinski definition) is 2. The number of halogens is 2. The Hall–Kier alpha value is -1.53. The van der Waals surface area contributed by atoms with Crippen LogP contribution in [0.1, 0.15) is 25.2 Å². The minimum absolute atomic E-state index is 0.0720. The normalized spacial score (nSPS) is 12.0. The molecule has 1 unspecified atom stereocenters. The Balaban J connectivity index is 1.89. The van der Waals surface area contributed by atoms with Crippen LogP contribution < -0.4 is 10.1 Å². The van der Waals surface area contributed by atoms with E-state index in [-0.39, 0.29) is 18.6 Å². The number of imidazole rings is 1. The van der Waals surface area contributed by atoms with E-state index in [1.807, 2.05) is 6.92 Å². The highest BCUT2D eigenvalue weighted by Crippen LogP contribution is 2.27. The summed E-state index contributed by atoms with van der Waals surface area (Å²) >= 11 is 9.19. The van der Waals surface area contributed by atoms with Gasteiger partial charge < -0.3 is 15.0 Å². The van der Waals surface area contributed by atoms with Gasteiger partial charge in [-0.3, -0.25) is 4.79 Å². The third-order valence-corrected chi connectivity index (χ3v) is 3.70. The van der Waals surface area contributed by atoms with E-state index in [0.29, 0.717) is 15.2 Å². The fourth-order valence-corrected chi connectivity index (χ4v) is 2.60. The fourth-order valence-electron chi connectivity index (χ4n) is 1.80. The summed E-state index contributed by atoms with van der Waals surface area (Å²) in [4.78, 5) is 19.1. The topological polar surface area (TPSA) is 67.0 Å². The molecule has 0 radical (unpaired) electrons. The van der Waals surface area contributed by atoms with Crippen molar-refractivity contribution in [3.05, 3.63) is 45.9 Å². The van der Waals surface area contributed by atoms with Gasteiger partial charge in [0, 0.05) is 17.4 Å². The number of rotatable bonds is 6. The zero-order valence-electron chi connectivity index (χ0n) is 11.4. The van der Waals surface area contributed by atoms with E-state index in [0.717, 1.165) is 12.2 Å². The van der Waals surface area contributed by atoms with Gasteiger partial charge in [-0.1, -0.05) is 18.5 Å². The SMILES string of the molecule is CCC(NC(=O)COc1ccc(Cl)cc1Br)c1ncc[nH]1. The molecule has 0 aliphatic rings. The van der Waals surface area contributed by atoms with Crippen LogP contribution in [0.4, 0.5) is 0 Å². The summed E-state index contributed by atoms with van der Waals surface area (Å²) in [5.74, 6) is 1.10. The lowest BCUT2D eigenvalue weighted by Gasteiger charge is -2.15. The number of nitrogens with zero attached hydrogens (tertiary/aromatic N) is 1. The number of hydrogen-bond acceptors (Lipinski definition) is 3. The quantitative estimate of drug-likeness (QED) is 0.816. The van der Waals surface area contributed by atoms with Crippen molar-refractivity contribution in [1.82, 2.24) is 15.3 Å². The summed E-state index contributed by atoms with van der Waals surface area (Å²) in [5, 5.41) is 3.47. The van der Waals surface area contributed by atoms with Crippen LogP contribution >= 0.6 is 27.5 Å². The van der Waals surface area contributed by atoms with E-state index in [1.54, 1.807) is 30.6 Å². The van der Waals surface area contributed by atoms with Gasteiger partial charge in [0.05, 0.1) is 10.5 Å². The first-order chi connectivity index (χ1) is 10.1. The maximum absolute atomic E-state index is 11.9. The first-order valence-corrected chi connectivity index (χ1v) is 7.63. The Bertz CT molecular complexity index is 604. The largest absolute Gasteiger partial charge is 0.483 e. The Morgan fingerprint density at radius 2 is 2.38 bits per heavy atom.